The number of hydrogen-bond acceptors (Lipinski definition) is 3. The topological polar surface area (TPSA) is 0 Å². The van der Waals surface area contributed by atoms with Gasteiger partial charge >= 0.3 is 0 Å². The van der Waals surface area contributed by atoms with E-state index >= 15 is 0 Å². The summed E-state index contributed by atoms with van der Waals surface area (Å²) < 4.78 is 0.196. The zero-order valence-electron chi connectivity index (χ0n) is 10.1. The molecule has 3 aromatic rings. The molecule has 0 atom stereocenters. The molecule has 0 fully saturated rings. The van der Waals surface area contributed by atoms with Crippen LogP contribution in [0.3, 0.4) is 0 Å². The van der Waals surface area contributed by atoms with Gasteiger partial charge in [0.2, 0.25) is 0 Å². The van der Waals surface area contributed by atoms with E-state index in [1.165, 1.54) is 31.7 Å². The predicted octanol–water partition coefficient (Wildman–Crippen LogP) is 5.51. The largest absolute Gasteiger partial charge is 0.150 e. The minimum absolute atomic E-state index is 0.196. The van der Waals surface area contributed by atoms with Gasteiger partial charge in [-0.2, -0.15) is 11.3 Å². The van der Waals surface area contributed by atoms with Crippen LogP contribution in [0.1, 0.15) is 11.1 Å². The summed E-state index contributed by atoms with van der Waals surface area (Å²) in [5, 5.41) is 7.48. The first kappa shape index (κ1) is 10.8. The van der Waals surface area contributed by atoms with Gasteiger partial charge in [-0.05, 0) is 21.9 Å². The van der Waals surface area contributed by atoms with Crippen molar-refractivity contribution in [2.45, 2.75) is 20.3 Å². The van der Waals surface area contributed by atoms with E-state index < -0.39 is 0 Å². The molecule has 0 nitrogen and oxygen atoms in total. The summed E-state index contributed by atoms with van der Waals surface area (Å²) in [6, 6.07) is 13.5. The first-order valence-electron chi connectivity index (χ1n) is 6.31. The molecule has 0 amide bonds. The molecule has 2 heterocycles. The maximum atomic E-state index is 2.33. The fourth-order valence-corrected chi connectivity index (χ4v) is 7.65. The van der Waals surface area contributed by atoms with E-state index in [4.69, 9.17) is 0 Å². The highest BCUT2D eigenvalue weighted by Crippen LogP contribution is 2.66. The predicted molar refractivity (Wildman–Crippen MR) is 85.4 cm³/mol. The molecule has 2 aromatic carbocycles. The van der Waals surface area contributed by atoms with Crippen LogP contribution in [0.4, 0.5) is 0 Å². The maximum Gasteiger partial charge on any atom is 0.100 e. The number of thioether (sulfide) groups is 2. The fraction of sp³-hybridized carbons (Fsp3) is 0.125. The van der Waals surface area contributed by atoms with Crippen LogP contribution in [-0.2, 0) is 10.5 Å². The Morgan fingerprint density at radius 1 is 0.895 bits per heavy atom. The molecule has 92 valence electrons. The van der Waals surface area contributed by atoms with Crippen molar-refractivity contribution in [3.05, 3.63) is 58.3 Å². The van der Waals surface area contributed by atoms with Crippen molar-refractivity contribution < 1.29 is 0 Å². The van der Waals surface area contributed by atoms with Gasteiger partial charge in [0.1, 0.15) is 4.08 Å². The van der Waals surface area contributed by atoms with Crippen LogP contribution in [0.25, 0.3) is 10.8 Å². The highest BCUT2D eigenvalue weighted by atomic mass is 32.2. The van der Waals surface area contributed by atoms with Crippen molar-refractivity contribution in [1.82, 2.24) is 0 Å². The van der Waals surface area contributed by atoms with Gasteiger partial charge in [-0.15, -0.1) is 23.5 Å². The van der Waals surface area contributed by atoms with Crippen molar-refractivity contribution in [3.63, 3.8) is 0 Å². The number of benzene rings is 2. The van der Waals surface area contributed by atoms with Crippen molar-refractivity contribution >= 4 is 45.6 Å². The third-order valence-corrected chi connectivity index (χ3v) is 8.14. The molecular formula is C16H10S3. The Morgan fingerprint density at radius 3 is 2.42 bits per heavy atom. The number of fused-ring (bicyclic) bond motifs is 2. The maximum absolute atomic E-state index is 2.33. The lowest BCUT2D eigenvalue weighted by atomic mass is 10.1. The summed E-state index contributed by atoms with van der Waals surface area (Å²) >= 11 is 5.93. The van der Waals surface area contributed by atoms with Crippen LogP contribution in [-0.4, -0.2) is 0 Å². The lowest BCUT2D eigenvalue weighted by Crippen LogP contribution is -2.12. The standard InChI is InChI=1S/C16H10S3/c1-3-10-4-2-6-12-15(10)11(5-1)7-16(12)18-13-8-17-9-14(13)19-16/h1-6,8-9H,7H2. The van der Waals surface area contributed by atoms with E-state index in [0.29, 0.717) is 0 Å². The summed E-state index contributed by atoms with van der Waals surface area (Å²) in [6.45, 7) is 0. The average Bonchev–Trinajstić information content (AvgIpc) is 3.05. The van der Waals surface area contributed by atoms with E-state index in [1.54, 1.807) is 0 Å². The average molecular weight is 298 g/mol. The highest BCUT2D eigenvalue weighted by molar-refractivity contribution is 8.20. The Labute approximate surface area is 124 Å². The molecule has 0 saturated carbocycles. The summed E-state index contributed by atoms with van der Waals surface area (Å²) in [4.78, 5) is 2.94. The van der Waals surface area contributed by atoms with Crippen LogP contribution in [0, 0.1) is 0 Å². The van der Waals surface area contributed by atoms with Crippen LogP contribution < -0.4 is 0 Å². The molecule has 1 aliphatic heterocycles. The zero-order chi connectivity index (χ0) is 12.4. The number of hydrogen-bond donors (Lipinski definition) is 0. The molecule has 3 heteroatoms. The second-order valence-electron chi connectivity index (χ2n) is 5.05. The smallest absolute Gasteiger partial charge is 0.100 e. The van der Waals surface area contributed by atoms with Gasteiger partial charge in [0.25, 0.3) is 0 Å². The first-order chi connectivity index (χ1) is 9.36. The summed E-state index contributed by atoms with van der Waals surface area (Å²) in [5.41, 5.74) is 3.04. The molecule has 1 aromatic heterocycles. The van der Waals surface area contributed by atoms with E-state index in [-0.39, 0.29) is 4.08 Å². The van der Waals surface area contributed by atoms with E-state index in [1.807, 2.05) is 11.3 Å². The van der Waals surface area contributed by atoms with Gasteiger partial charge in [0.05, 0.1) is 0 Å². The van der Waals surface area contributed by atoms with E-state index in [9.17, 15) is 0 Å². The molecular weight excluding hydrogens is 288 g/mol. The van der Waals surface area contributed by atoms with Crippen molar-refractivity contribution in [2.75, 3.05) is 0 Å². The molecule has 0 N–H and O–H groups in total. The van der Waals surface area contributed by atoms with Crippen molar-refractivity contribution in [2.24, 2.45) is 0 Å². The van der Waals surface area contributed by atoms with E-state index in [0.717, 1.165) is 6.42 Å². The summed E-state index contributed by atoms with van der Waals surface area (Å²) in [6.07, 6.45) is 1.15. The molecule has 0 radical (unpaired) electrons. The molecule has 0 bridgehead atoms. The summed E-state index contributed by atoms with van der Waals surface area (Å²) in [7, 11) is 0. The van der Waals surface area contributed by atoms with Crippen LogP contribution in [0.2, 0.25) is 0 Å². The van der Waals surface area contributed by atoms with Gasteiger partial charge in [0, 0.05) is 27.0 Å². The molecule has 0 unspecified atom stereocenters. The third-order valence-electron chi connectivity index (χ3n) is 3.97. The lowest BCUT2D eigenvalue weighted by molar-refractivity contribution is 0.925. The highest BCUT2D eigenvalue weighted by Gasteiger charge is 2.46. The van der Waals surface area contributed by atoms with Gasteiger partial charge in [0.15, 0.2) is 0 Å². The number of thiophene rings is 1. The lowest BCUT2D eigenvalue weighted by Gasteiger charge is -2.22. The monoisotopic (exact) mass is 298 g/mol. The Kier molecular flexibility index (Phi) is 2.05. The van der Waals surface area contributed by atoms with Crippen LogP contribution in [0.5, 0.6) is 0 Å². The van der Waals surface area contributed by atoms with Gasteiger partial charge in [-0.1, -0.05) is 36.4 Å². The van der Waals surface area contributed by atoms with Crippen molar-refractivity contribution in [3.8, 4) is 0 Å². The Balaban J connectivity index is 1.79. The number of rotatable bonds is 0. The Bertz CT molecular complexity index is 790. The van der Waals surface area contributed by atoms with Gasteiger partial charge < -0.3 is 0 Å². The normalized spacial score (nSPS) is 18.3. The molecule has 1 aliphatic carbocycles. The minimum atomic E-state index is 0.196. The SMILES string of the molecule is c1cc2c3c(cccc3c1)C1(C2)Sc2cscc2S1. The zero-order valence-corrected chi connectivity index (χ0v) is 12.5. The molecule has 2 aliphatic rings. The fourth-order valence-electron chi connectivity index (χ4n) is 3.21. The Hall–Kier alpha value is -0.900. The second-order valence-corrected chi connectivity index (χ2v) is 8.74. The molecule has 0 saturated heterocycles. The van der Waals surface area contributed by atoms with E-state index in [2.05, 4.69) is 70.7 Å². The molecule has 5 rings (SSSR count). The summed E-state index contributed by atoms with van der Waals surface area (Å²) in [5.74, 6) is 0. The van der Waals surface area contributed by atoms with Crippen molar-refractivity contribution in [1.29, 1.82) is 0 Å². The quantitative estimate of drug-likeness (QED) is 0.537. The third kappa shape index (κ3) is 1.33. The van der Waals surface area contributed by atoms with Gasteiger partial charge in [-0.25, -0.2) is 0 Å². The first-order valence-corrected chi connectivity index (χ1v) is 8.89. The van der Waals surface area contributed by atoms with Crippen LogP contribution in [0.15, 0.2) is 56.9 Å². The molecule has 19 heavy (non-hydrogen) atoms. The van der Waals surface area contributed by atoms with Crippen LogP contribution >= 0.6 is 34.9 Å². The van der Waals surface area contributed by atoms with Gasteiger partial charge in [-0.3, -0.25) is 0 Å². The Morgan fingerprint density at radius 2 is 1.63 bits per heavy atom. The molecule has 1 spiro atoms. The minimum Gasteiger partial charge on any atom is -0.150 e. The second kappa shape index (κ2) is 3.60.